The smallest absolute Gasteiger partial charge is 0.263 e. The standard InChI is InChI=1S/C9H9F2NO3/c10-9(11)5-1-6(3-12-13)8-7(2-5)14-4-15-8/h1-2,9,12-13H,3-4H2. The number of alkyl halides is 2. The van der Waals surface area contributed by atoms with Crippen LogP contribution in [0.2, 0.25) is 0 Å². The van der Waals surface area contributed by atoms with Gasteiger partial charge in [0.05, 0.1) is 0 Å². The Bertz CT molecular complexity index is 371. The van der Waals surface area contributed by atoms with Crippen molar-refractivity contribution >= 4 is 0 Å². The summed E-state index contributed by atoms with van der Waals surface area (Å²) in [5.41, 5.74) is 2.20. The molecule has 1 aliphatic heterocycles. The SMILES string of the molecule is ONCc1cc(C(F)F)cc2c1OCO2. The molecule has 2 N–H and O–H groups in total. The summed E-state index contributed by atoms with van der Waals surface area (Å²) in [6, 6.07) is 2.52. The van der Waals surface area contributed by atoms with Gasteiger partial charge >= 0.3 is 0 Å². The summed E-state index contributed by atoms with van der Waals surface area (Å²) in [4.78, 5) is 0. The Hall–Kier alpha value is -1.40. The average Bonchev–Trinajstić information content (AvgIpc) is 2.65. The highest BCUT2D eigenvalue weighted by atomic mass is 19.3. The van der Waals surface area contributed by atoms with E-state index in [1.54, 1.807) is 0 Å². The van der Waals surface area contributed by atoms with Gasteiger partial charge in [0.2, 0.25) is 6.79 Å². The fourth-order valence-corrected chi connectivity index (χ4v) is 1.45. The van der Waals surface area contributed by atoms with Crippen molar-refractivity contribution < 1.29 is 23.5 Å². The Balaban J connectivity index is 2.43. The normalized spacial score (nSPS) is 13.6. The minimum atomic E-state index is -2.57. The van der Waals surface area contributed by atoms with Gasteiger partial charge < -0.3 is 14.7 Å². The van der Waals surface area contributed by atoms with E-state index >= 15 is 0 Å². The molecule has 0 atom stereocenters. The van der Waals surface area contributed by atoms with Crippen LogP contribution in [0.25, 0.3) is 0 Å². The quantitative estimate of drug-likeness (QED) is 0.758. The maximum Gasteiger partial charge on any atom is 0.263 e. The summed E-state index contributed by atoms with van der Waals surface area (Å²) in [7, 11) is 0. The molecule has 1 aromatic rings. The third-order valence-corrected chi connectivity index (χ3v) is 2.09. The number of nitrogens with one attached hydrogen (secondary N) is 1. The molecule has 82 valence electrons. The van der Waals surface area contributed by atoms with Gasteiger partial charge in [0, 0.05) is 17.7 Å². The van der Waals surface area contributed by atoms with Gasteiger partial charge in [-0.05, 0) is 12.1 Å². The van der Waals surface area contributed by atoms with Crippen LogP contribution in [-0.4, -0.2) is 12.0 Å². The summed E-state index contributed by atoms with van der Waals surface area (Å²) in [6.45, 7) is 0.0483. The monoisotopic (exact) mass is 217 g/mol. The van der Waals surface area contributed by atoms with E-state index in [4.69, 9.17) is 14.7 Å². The molecule has 4 nitrogen and oxygen atoms in total. The van der Waals surface area contributed by atoms with Crippen LogP contribution in [-0.2, 0) is 6.54 Å². The van der Waals surface area contributed by atoms with Crippen LogP contribution in [0.3, 0.4) is 0 Å². The van der Waals surface area contributed by atoms with E-state index in [-0.39, 0.29) is 24.7 Å². The largest absolute Gasteiger partial charge is 0.454 e. The Morgan fingerprint density at radius 1 is 1.40 bits per heavy atom. The van der Waals surface area contributed by atoms with Crippen molar-refractivity contribution in [1.82, 2.24) is 5.48 Å². The molecule has 2 rings (SSSR count). The van der Waals surface area contributed by atoms with Crippen LogP contribution in [0, 0.1) is 0 Å². The lowest BCUT2D eigenvalue weighted by molar-refractivity contribution is 0.149. The molecule has 0 bridgehead atoms. The molecule has 0 saturated heterocycles. The number of hydrogen-bond donors (Lipinski definition) is 2. The molecule has 1 heterocycles. The van der Waals surface area contributed by atoms with Gasteiger partial charge in [0.25, 0.3) is 6.43 Å². The second-order valence-electron chi connectivity index (χ2n) is 3.05. The predicted molar refractivity (Wildman–Crippen MR) is 46.1 cm³/mol. The first kappa shape index (κ1) is 10.1. The number of rotatable bonds is 3. The molecule has 0 saturated carbocycles. The maximum atomic E-state index is 12.5. The van der Waals surface area contributed by atoms with Crippen LogP contribution >= 0.6 is 0 Å². The zero-order valence-corrected chi connectivity index (χ0v) is 7.67. The lowest BCUT2D eigenvalue weighted by Crippen LogP contribution is -2.07. The third-order valence-electron chi connectivity index (χ3n) is 2.09. The minimum absolute atomic E-state index is 0.0143. The first-order valence-electron chi connectivity index (χ1n) is 4.30. The fraction of sp³-hybridized carbons (Fsp3) is 0.333. The zero-order valence-electron chi connectivity index (χ0n) is 7.67. The fourth-order valence-electron chi connectivity index (χ4n) is 1.45. The molecule has 0 unspecified atom stereocenters. The summed E-state index contributed by atoms with van der Waals surface area (Å²) in [5, 5.41) is 8.55. The van der Waals surface area contributed by atoms with Gasteiger partial charge in [0.15, 0.2) is 11.5 Å². The Morgan fingerprint density at radius 2 is 2.20 bits per heavy atom. The third kappa shape index (κ3) is 1.86. The Labute approximate surface area is 84.4 Å². The molecule has 0 fully saturated rings. The zero-order chi connectivity index (χ0) is 10.8. The minimum Gasteiger partial charge on any atom is -0.454 e. The molecule has 0 aromatic heterocycles. The van der Waals surface area contributed by atoms with Crippen molar-refractivity contribution in [3.8, 4) is 11.5 Å². The number of benzene rings is 1. The lowest BCUT2D eigenvalue weighted by atomic mass is 10.1. The van der Waals surface area contributed by atoms with Gasteiger partial charge in [-0.25, -0.2) is 14.3 Å². The molecule has 0 radical (unpaired) electrons. The molecule has 1 aromatic carbocycles. The molecule has 6 heteroatoms. The van der Waals surface area contributed by atoms with E-state index < -0.39 is 6.43 Å². The van der Waals surface area contributed by atoms with Crippen molar-refractivity contribution in [1.29, 1.82) is 0 Å². The molecule has 0 aliphatic carbocycles. The van der Waals surface area contributed by atoms with Crippen molar-refractivity contribution in [2.75, 3.05) is 6.79 Å². The van der Waals surface area contributed by atoms with Crippen molar-refractivity contribution in [3.63, 3.8) is 0 Å². The average molecular weight is 217 g/mol. The van der Waals surface area contributed by atoms with Crippen LogP contribution in [0.15, 0.2) is 12.1 Å². The first-order valence-corrected chi connectivity index (χ1v) is 4.30. The Kier molecular flexibility index (Phi) is 2.70. The molecule has 0 spiro atoms. The highest BCUT2D eigenvalue weighted by molar-refractivity contribution is 5.51. The van der Waals surface area contributed by atoms with E-state index in [1.165, 1.54) is 12.1 Å². The van der Waals surface area contributed by atoms with E-state index in [1.807, 2.05) is 5.48 Å². The number of halogens is 2. The van der Waals surface area contributed by atoms with Crippen LogP contribution in [0.5, 0.6) is 11.5 Å². The van der Waals surface area contributed by atoms with Crippen molar-refractivity contribution in [2.24, 2.45) is 0 Å². The van der Waals surface area contributed by atoms with E-state index in [0.717, 1.165) is 0 Å². The van der Waals surface area contributed by atoms with Crippen LogP contribution in [0.4, 0.5) is 8.78 Å². The number of ether oxygens (including phenoxy) is 2. The maximum absolute atomic E-state index is 12.5. The summed E-state index contributed by atoms with van der Waals surface area (Å²) < 4.78 is 35.1. The van der Waals surface area contributed by atoms with Crippen molar-refractivity contribution in [3.05, 3.63) is 23.3 Å². The highest BCUT2D eigenvalue weighted by Crippen LogP contribution is 2.39. The second kappa shape index (κ2) is 4.00. The molecular weight excluding hydrogens is 208 g/mol. The molecule has 0 amide bonds. The van der Waals surface area contributed by atoms with Gasteiger partial charge in [-0.2, -0.15) is 0 Å². The van der Waals surface area contributed by atoms with Gasteiger partial charge in [0.1, 0.15) is 0 Å². The van der Waals surface area contributed by atoms with E-state index in [2.05, 4.69) is 0 Å². The number of fused-ring (bicyclic) bond motifs is 1. The predicted octanol–water partition coefficient (Wildman–Crippen LogP) is 1.83. The van der Waals surface area contributed by atoms with Crippen LogP contribution < -0.4 is 15.0 Å². The molecular formula is C9H9F2NO3. The summed E-state index contributed by atoms with van der Waals surface area (Å²) >= 11 is 0. The van der Waals surface area contributed by atoms with Gasteiger partial charge in [-0.1, -0.05) is 0 Å². The molecule has 15 heavy (non-hydrogen) atoms. The topological polar surface area (TPSA) is 50.7 Å². The Morgan fingerprint density at radius 3 is 2.87 bits per heavy atom. The molecule has 1 aliphatic rings. The van der Waals surface area contributed by atoms with Gasteiger partial charge in [-0.3, -0.25) is 0 Å². The second-order valence-corrected chi connectivity index (χ2v) is 3.05. The first-order chi connectivity index (χ1) is 7.22. The van der Waals surface area contributed by atoms with Crippen LogP contribution in [0.1, 0.15) is 17.6 Å². The van der Waals surface area contributed by atoms with Crippen molar-refractivity contribution in [2.45, 2.75) is 13.0 Å². The van der Waals surface area contributed by atoms with Gasteiger partial charge in [-0.15, -0.1) is 0 Å². The van der Waals surface area contributed by atoms with E-state index in [9.17, 15) is 8.78 Å². The summed E-state index contributed by atoms with van der Waals surface area (Å²) in [5.74, 6) is 0.694. The number of hydrogen-bond acceptors (Lipinski definition) is 4. The highest BCUT2D eigenvalue weighted by Gasteiger charge is 2.21. The number of hydroxylamine groups is 1. The van der Waals surface area contributed by atoms with E-state index in [0.29, 0.717) is 11.3 Å². The summed E-state index contributed by atoms with van der Waals surface area (Å²) in [6.07, 6.45) is -2.57. The lowest BCUT2D eigenvalue weighted by Gasteiger charge is -2.07.